The molecule has 0 bridgehead atoms. The van der Waals surface area contributed by atoms with Crippen molar-refractivity contribution in [1.82, 2.24) is 4.98 Å². The van der Waals surface area contributed by atoms with Crippen LogP contribution in [0.3, 0.4) is 0 Å². The molecule has 1 aromatic carbocycles. The van der Waals surface area contributed by atoms with Crippen LogP contribution in [0.4, 0.5) is 5.69 Å². The van der Waals surface area contributed by atoms with E-state index in [0.29, 0.717) is 5.92 Å². The number of nitrogens with zero attached hydrogens (tertiary/aromatic N) is 3. The molecule has 1 aliphatic carbocycles. The number of anilines is 1. The van der Waals surface area contributed by atoms with Gasteiger partial charge >= 0.3 is 0 Å². The average molecular weight is 308 g/mol. The van der Waals surface area contributed by atoms with Crippen LogP contribution >= 0.6 is 11.3 Å². The van der Waals surface area contributed by atoms with E-state index in [4.69, 9.17) is 15.5 Å². The van der Waals surface area contributed by atoms with Crippen molar-refractivity contribution in [3.63, 3.8) is 0 Å². The van der Waals surface area contributed by atoms with Crippen molar-refractivity contribution in [3.8, 4) is 12.1 Å². The van der Waals surface area contributed by atoms with Crippen LogP contribution < -0.4 is 5.32 Å². The van der Waals surface area contributed by atoms with Crippen molar-refractivity contribution in [3.05, 3.63) is 35.0 Å². The molecule has 0 spiro atoms. The lowest BCUT2D eigenvalue weighted by molar-refractivity contribution is 0.443. The number of allylic oxidation sites excluding steroid dienone is 1. The van der Waals surface area contributed by atoms with E-state index in [1.54, 1.807) is 11.3 Å². The van der Waals surface area contributed by atoms with Gasteiger partial charge in [0.05, 0.1) is 15.2 Å². The molecule has 2 aromatic rings. The molecular formula is C17H16N4S. The molecule has 0 amide bonds. The SMILES string of the molecule is N#CC(C#N)=CNc1ccc2nc(C3CCCCC3)sc2c1. The first kappa shape index (κ1) is 14.6. The Labute approximate surface area is 133 Å². The van der Waals surface area contributed by atoms with Gasteiger partial charge in [-0.3, -0.25) is 0 Å². The number of nitrogens with one attached hydrogen (secondary N) is 1. The zero-order valence-corrected chi connectivity index (χ0v) is 13.0. The highest BCUT2D eigenvalue weighted by Crippen LogP contribution is 2.37. The van der Waals surface area contributed by atoms with Gasteiger partial charge in [-0.05, 0) is 31.0 Å². The lowest BCUT2D eigenvalue weighted by Gasteiger charge is -2.18. The molecule has 5 heteroatoms. The van der Waals surface area contributed by atoms with Crippen LogP contribution in [0.15, 0.2) is 30.0 Å². The Bertz CT molecular complexity index is 769. The van der Waals surface area contributed by atoms with E-state index in [0.717, 1.165) is 15.9 Å². The van der Waals surface area contributed by atoms with Gasteiger partial charge in [-0.15, -0.1) is 11.3 Å². The summed E-state index contributed by atoms with van der Waals surface area (Å²) in [7, 11) is 0. The Morgan fingerprint density at radius 1 is 1.23 bits per heavy atom. The second kappa shape index (κ2) is 6.60. The molecule has 1 N–H and O–H groups in total. The minimum Gasteiger partial charge on any atom is -0.360 e. The summed E-state index contributed by atoms with van der Waals surface area (Å²) in [6.07, 6.45) is 7.90. The third kappa shape index (κ3) is 3.10. The van der Waals surface area contributed by atoms with Gasteiger partial charge in [0.15, 0.2) is 0 Å². The Hall–Kier alpha value is -2.37. The standard InChI is InChI=1S/C17H16N4S/c18-9-12(10-19)11-20-14-6-7-15-16(8-14)22-17(21-15)13-4-2-1-3-5-13/h6-8,11,13,20H,1-5H2. The predicted octanol–water partition coefficient (Wildman–Crippen LogP) is 4.69. The van der Waals surface area contributed by atoms with Gasteiger partial charge in [0.25, 0.3) is 0 Å². The summed E-state index contributed by atoms with van der Waals surface area (Å²) < 4.78 is 1.15. The molecule has 22 heavy (non-hydrogen) atoms. The van der Waals surface area contributed by atoms with E-state index in [1.807, 2.05) is 30.3 Å². The fraction of sp³-hybridized carbons (Fsp3) is 0.353. The highest BCUT2D eigenvalue weighted by molar-refractivity contribution is 7.18. The quantitative estimate of drug-likeness (QED) is 0.835. The second-order valence-corrected chi connectivity index (χ2v) is 6.56. The van der Waals surface area contributed by atoms with E-state index in [-0.39, 0.29) is 5.57 Å². The molecule has 3 rings (SSSR count). The molecule has 110 valence electrons. The van der Waals surface area contributed by atoms with Gasteiger partial charge in [0.1, 0.15) is 17.7 Å². The highest BCUT2D eigenvalue weighted by Gasteiger charge is 2.19. The van der Waals surface area contributed by atoms with E-state index >= 15 is 0 Å². The first-order valence-electron chi connectivity index (χ1n) is 7.47. The third-order valence-electron chi connectivity index (χ3n) is 3.98. The maximum Gasteiger partial charge on any atom is 0.145 e. The van der Waals surface area contributed by atoms with Crippen LogP contribution in [0.1, 0.15) is 43.0 Å². The van der Waals surface area contributed by atoms with Crippen LogP contribution in [-0.4, -0.2) is 4.98 Å². The van der Waals surface area contributed by atoms with Gasteiger partial charge in [-0.2, -0.15) is 10.5 Å². The maximum atomic E-state index is 8.73. The molecule has 0 saturated heterocycles. The van der Waals surface area contributed by atoms with Gasteiger partial charge in [-0.1, -0.05) is 19.3 Å². The zero-order chi connectivity index (χ0) is 15.4. The lowest BCUT2D eigenvalue weighted by Crippen LogP contribution is -2.03. The Morgan fingerprint density at radius 3 is 2.73 bits per heavy atom. The van der Waals surface area contributed by atoms with Crippen molar-refractivity contribution in [1.29, 1.82) is 10.5 Å². The van der Waals surface area contributed by atoms with Crippen LogP contribution in [0.5, 0.6) is 0 Å². The maximum absolute atomic E-state index is 8.73. The molecular weight excluding hydrogens is 292 g/mol. The molecule has 1 aliphatic rings. The minimum atomic E-state index is 0.0623. The molecule has 0 atom stereocenters. The summed E-state index contributed by atoms with van der Waals surface area (Å²) in [6.45, 7) is 0. The number of aromatic nitrogens is 1. The van der Waals surface area contributed by atoms with E-state index in [9.17, 15) is 0 Å². The fourth-order valence-corrected chi connectivity index (χ4v) is 3.98. The number of hydrogen-bond acceptors (Lipinski definition) is 5. The van der Waals surface area contributed by atoms with Gasteiger partial charge < -0.3 is 5.32 Å². The van der Waals surface area contributed by atoms with E-state index in [1.165, 1.54) is 43.3 Å². The van der Waals surface area contributed by atoms with Crippen molar-refractivity contribution >= 4 is 27.2 Å². The number of fused-ring (bicyclic) bond motifs is 1. The second-order valence-electron chi connectivity index (χ2n) is 5.50. The molecule has 0 unspecified atom stereocenters. The highest BCUT2D eigenvalue weighted by atomic mass is 32.1. The molecule has 1 fully saturated rings. The largest absolute Gasteiger partial charge is 0.360 e. The molecule has 1 saturated carbocycles. The monoisotopic (exact) mass is 308 g/mol. The lowest BCUT2D eigenvalue weighted by atomic mass is 9.90. The van der Waals surface area contributed by atoms with Crippen LogP contribution in [-0.2, 0) is 0 Å². The van der Waals surface area contributed by atoms with Crippen molar-refractivity contribution < 1.29 is 0 Å². The number of nitriles is 2. The van der Waals surface area contributed by atoms with Crippen molar-refractivity contribution in [2.75, 3.05) is 5.32 Å². The fourth-order valence-electron chi connectivity index (χ4n) is 2.80. The molecule has 0 aliphatic heterocycles. The smallest absolute Gasteiger partial charge is 0.145 e. The first-order valence-corrected chi connectivity index (χ1v) is 8.29. The van der Waals surface area contributed by atoms with Crippen molar-refractivity contribution in [2.24, 2.45) is 0 Å². The van der Waals surface area contributed by atoms with E-state index in [2.05, 4.69) is 5.32 Å². The van der Waals surface area contributed by atoms with Crippen LogP contribution in [0, 0.1) is 22.7 Å². The van der Waals surface area contributed by atoms with E-state index < -0.39 is 0 Å². The summed E-state index contributed by atoms with van der Waals surface area (Å²) in [6, 6.07) is 9.62. The van der Waals surface area contributed by atoms with Gasteiger partial charge in [0, 0.05) is 17.8 Å². The Kier molecular flexibility index (Phi) is 4.37. The van der Waals surface area contributed by atoms with Crippen LogP contribution in [0.25, 0.3) is 10.2 Å². The normalized spacial score (nSPS) is 15.0. The summed E-state index contributed by atoms with van der Waals surface area (Å²) in [5, 5.41) is 21.7. The number of hydrogen-bond donors (Lipinski definition) is 1. The number of rotatable bonds is 3. The third-order valence-corrected chi connectivity index (χ3v) is 5.16. The predicted molar refractivity (Wildman–Crippen MR) is 88.4 cm³/mol. The summed E-state index contributed by atoms with van der Waals surface area (Å²) in [5.74, 6) is 0.617. The number of benzene rings is 1. The first-order chi connectivity index (χ1) is 10.8. The Balaban J connectivity index is 1.83. The molecule has 1 heterocycles. The van der Waals surface area contributed by atoms with Gasteiger partial charge in [-0.25, -0.2) is 4.98 Å². The van der Waals surface area contributed by atoms with Gasteiger partial charge in [0.2, 0.25) is 0 Å². The number of thiazole rings is 1. The molecule has 4 nitrogen and oxygen atoms in total. The topological polar surface area (TPSA) is 72.5 Å². The zero-order valence-electron chi connectivity index (χ0n) is 12.2. The summed E-state index contributed by atoms with van der Waals surface area (Å²) in [5.41, 5.74) is 1.96. The summed E-state index contributed by atoms with van der Waals surface area (Å²) >= 11 is 1.76. The molecule has 0 radical (unpaired) electrons. The average Bonchev–Trinajstić information content (AvgIpc) is 3.00. The van der Waals surface area contributed by atoms with Crippen molar-refractivity contribution in [2.45, 2.75) is 38.0 Å². The Morgan fingerprint density at radius 2 is 2.00 bits per heavy atom. The van der Waals surface area contributed by atoms with Crippen LogP contribution in [0.2, 0.25) is 0 Å². The minimum absolute atomic E-state index is 0.0623. The molecule has 1 aromatic heterocycles. The summed E-state index contributed by atoms with van der Waals surface area (Å²) in [4.78, 5) is 4.78.